The first kappa shape index (κ1) is 22.0. The third kappa shape index (κ3) is 5.17. The molecule has 3 aromatic rings. The zero-order chi connectivity index (χ0) is 23.4. The summed E-state index contributed by atoms with van der Waals surface area (Å²) < 4.78 is 23.4. The van der Waals surface area contributed by atoms with Crippen LogP contribution in [-0.2, 0) is 27.3 Å². The molecule has 3 aromatic carbocycles. The molecule has 0 bridgehead atoms. The van der Waals surface area contributed by atoms with Crippen molar-refractivity contribution in [3.63, 3.8) is 0 Å². The first-order valence-corrected chi connectivity index (χ1v) is 10.2. The Hall–Kier alpha value is -4.20. The molecule has 33 heavy (non-hydrogen) atoms. The molecule has 168 valence electrons. The molecule has 1 aliphatic rings. The van der Waals surface area contributed by atoms with Crippen molar-refractivity contribution in [2.45, 2.75) is 13.0 Å². The van der Waals surface area contributed by atoms with Gasteiger partial charge < -0.3 is 19.7 Å². The number of halogens is 1. The number of amides is 2. The highest BCUT2D eigenvalue weighted by molar-refractivity contribution is 6.00. The van der Waals surface area contributed by atoms with Crippen LogP contribution in [-0.4, -0.2) is 31.5 Å². The summed E-state index contributed by atoms with van der Waals surface area (Å²) in [7, 11) is 1.31. The highest BCUT2D eigenvalue weighted by atomic mass is 19.1. The first-order valence-electron chi connectivity index (χ1n) is 10.2. The van der Waals surface area contributed by atoms with Gasteiger partial charge in [0.05, 0.1) is 31.3 Å². The van der Waals surface area contributed by atoms with E-state index in [1.165, 1.54) is 19.2 Å². The molecular formula is C25H21FN2O5. The summed E-state index contributed by atoms with van der Waals surface area (Å²) >= 11 is 0. The Balaban J connectivity index is 1.53. The van der Waals surface area contributed by atoms with Gasteiger partial charge in [0.25, 0.3) is 5.91 Å². The fourth-order valence-electron chi connectivity index (χ4n) is 3.54. The molecule has 2 amide bonds. The van der Waals surface area contributed by atoms with E-state index in [0.29, 0.717) is 28.3 Å². The van der Waals surface area contributed by atoms with E-state index in [4.69, 9.17) is 9.47 Å². The molecule has 1 N–H and O–H groups in total. The number of carbonyl (C=O) groups excluding carboxylic acids is 3. The average molecular weight is 448 g/mol. The van der Waals surface area contributed by atoms with Gasteiger partial charge in [-0.25, -0.2) is 9.18 Å². The molecule has 0 spiro atoms. The monoisotopic (exact) mass is 448 g/mol. The number of methoxy groups -OCH3 is 1. The SMILES string of the molecule is COC(=O)c1cccc(CN2C(=O)COc3ccc(NC(=O)Cc4ccc(F)cc4)cc32)c1. The van der Waals surface area contributed by atoms with Gasteiger partial charge in [-0.1, -0.05) is 24.3 Å². The number of nitrogens with one attached hydrogen (secondary N) is 1. The second kappa shape index (κ2) is 9.52. The van der Waals surface area contributed by atoms with Crippen LogP contribution in [0.5, 0.6) is 5.75 Å². The van der Waals surface area contributed by atoms with Gasteiger partial charge in [0.2, 0.25) is 5.91 Å². The Bertz CT molecular complexity index is 1210. The number of fused-ring (bicyclic) bond motifs is 1. The van der Waals surface area contributed by atoms with Gasteiger partial charge in [0.15, 0.2) is 6.61 Å². The maximum atomic E-state index is 13.1. The number of nitrogens with zero attached hydrogens (tertiary/aromatic N) is 1. The number of carbonyl (C=O) groups is 3. The molecule has 1 aliphatic heterocycles. The van der Waals surface area contributed by atoms with Gasteiger partial charge in [-0.3, -0.25) is 9.59 Å². The van der Waals surface area contributed by atoms with Crippen LogP contribution in [0.25, 0.3) is 0 Å². The summed E-state index contributed by atoms with van der Waals surface area (Å²) in [6.07, 6.45) is 0.0802. The topological polar surface area (TPSA) is 84.9 Å². The predicted octanol–water partition coefficient (Wildman–Crippen LogP) is 3.72. The standard InChI is InChI=1S/C25H21FN2O5/c1-32-25(31)18-4-2-3-17(11-18)14-28-21-13-20(9-10-22(21)33-15-24(28)30)27-23(29)12-16-5-7-19(26)8-6-16/h2-11,13H,12,14-15H2,1H3,(H,27,29). The van der Waals surface area contributed by atoms with Crippen molar-refractivity contribution >= 4 is 29.2 Å². The molecule has 0 radical (unpaired) electrons. The van der Waals surface area contributed by atoms with Gasteiger partial charge in [0.1, 0.15) is 11.6 Å². The van der Waals surface area contributed by atoms with Gasteiger partial charge in [0, 0.05) is 5.69 Å². The molecule has 0 aromatic heterocycles. The normalized spacial score (nSPS) is 12.5. The Morgan fingerprint density at radius 3 is 2.61 bits per heavy atom. The lowest BCUT2D eigenvalue weighted by Gasteiger charge is -2.30. The number of esters is 1. The van der Waals surface area contributed by atoms with Crippen LogP contribution in [0.4, 0.5) is 15.8 Å². The van der Waals surface area contributed by atoms with E-state index in [0.717, 1.165) is 5.56 Å². The summed E-state index contributed by atoms with van der Waals surface area (Å²) in [6, 6.07) is 17.6. The van der Waals surface area contributed by atoms with Crippen LogP contribution in [0.1, 0.15) is 21.5 Å². The van der Waals surface area contributed by atoms with Gasteiger partial charge in [-0.2, -0.15) is 0 Å². The molecule has 0 atom stereocenters. The van der Waals surface area contributed by atoms with Crippen LogP contribution in [0.3, 0.4) is 0 Å². The largest absolute Gasteiger partial charge is 0.482 e. The minimum absolute atomic E-state index is 0.0802. The number of ether oxygens (including phenoxy) is 2. The van der Waals surface area contributed by atoms with Crippen LogP contribution in [0.2, 0.25) is 0 Å². The van der Waals surface area contributed by atoms with E-state index < -0.39 is 5.97 Å². The van der Waals surface area contributed by atoms with Crippen molar-refractivity contribution in [1.29, 1.82) is 0 Å². The zero-order valence-electron chi connectivity index (χ0n) is 17.8. The smallest absolute Gasteiger partial charge is 0.337 e. The second-order valence-electron chi connectivity index (χ2n) is 7.49. The molecule has 4 rings (SSSR count). The third-order valence-corrected chi connectivity index (χ3v) is 5.15. The van der Waals surface area contributed by atoms with E-state index in [1.807, 2.05) is 6.07 Å². The molecule has 7 nitrogen and oxygen atoms in total. The van der Waals surface area contributed by atoms with E-state index in [1.54, 1.807) is 53.4 Å². The molecule has 0 fully saturated rings. The number of anilines is 2. The molecule has 0 unspecified atom stereocenters. The minimum Gasteiger partial charge on any atom is -0.482 e. The van der Waals surface area contributed by atoms with Crippen molar-refractivity contribution in [3.05, 3.63) is 89.2 Å². The summed E-state index contributed by atoms with van der Waals surface area (Å²) in [5.41, 5.74) is 2.81. The summed E-state index contributed by atoms with van der Waals surface area (Å²) in [6.45, 7) is 0.104. The quantitative estimate of drug-likeness (QED) is 0.581. The van der Waals surface area contributed by atoms with Crippen LogP contribution in [0, 0.1) is 5.82 Å². The fourth-order valence-corrected chi connectivity index (χ4v) is 3.54. The number of hydrogen-bond donors (Lipinski definition) is 1. The number of rotatable bonds is 6. The fraction of sp³-hybridized carbons (Fsp3) is 0.160. The second-order valence-corrected chi connectivity index (χ2v) is 7.49. The van der Waals surface area contributed by atoms with Gasteiger partial charge in [-0.05, 0) is 53.6 Å². The first-order chi connectivity index (χ1) is 15.9. The Morgan fingerprint density at radius 1 is 1.06 bits per heavy atom. The Morgan fingerprint density at radius 2 is 1.85 bits per heavy atom. The van der Waals surface area contributed by atoms with E-state index >= 15 is 0 Å². The van der Waals surface area contributed by atoms with Crippen LogP contribution >= 0.6 is 0 Å². The van der Waals surface area contributed by atoms with Crippen molar-refractivity contribution < 1.29 is 28.2 Å². The van der Waals surface area contributed by atoms with E-state index in [-0.39, 0.29) is 37.2 Å². The molecular weight excluding hydrogens is 427 g/mol. The molecule has 8 heteroatoms. The molecule has 0 aliphatic carbocycles. The minimum atomic E-state index is -0.461. The van der Waals surface area contributed by atoms with Crippen molar-refractivity contribution in [2.75, 3.05) is 23.9 Å². The number of hydrogen-bond acceptors (Lipinski definition) is 5. The van der Waals surface area contributed by atoms with Gasteiger partial charge in [-0.15, -0.1) is 0 Å². The maximum absolute atomic E-state index is 13.1. The van der Waals surface area contributed by atoms with Crippen molar-refractivity contribution in [1.82, 2.24) is 0 Å². The maximum Gasteiger partial charge on any atom is 0.337 e. The van der Waals surface area contributed by atoms with Gasteiger partial charge >= 0.3 is 5.97 Å². The third-order valence-electron chi connectivity index (χ3n) is 5.15. The lowest BCUT2D eigenvalue weighted by atomic mass is 10.1. The predicted molar refractivity (Wildman–Crippen MR) is 120 cm³/mol. The van der Waals surface area contributed by atoms with E-state index in [2.05, 4.69) is 5.32 Å². The zero-order valence-corrected chi connectivity index (χ0v) is 17.8. The summed E-state index contributed by atoms with van der Waals surface area (Å²) in [4.78, 5) is 38.5. The molecule has 1 heterocycles. The molecule has 0 saturated heterocycles. The lowest BCUT2D eigenvalue weighted by molar-refractivity contribution is -0.121. The van der Waals surface area contributed by atoms with Crippen molar-refractivity contribution in [3.8, 4) is 5.75 Å². The Labute approximate surface area is 189 Å². The summed E-state index contributed by atoms with van der Waals surface area (Å²) in [5, 5.41) is 2.80. The summed E-state index contributed by atoms with van der Waals surface area (Å²) in [5.74, 6) is -0.842. The number of benzene rings is 3. The average Bonchev–Trinajstić information content (AvgIpc) is 2.82. The molecule has 0 saturated carbocycles. The lowest BCUT2D eigenvalue weighted by Crippen LogP contribution is -2.38. The van der Waals surface area contributed by atoms with E-state index in [9.17, 15) is 18.8 Å². The Kier molecular flexibility index (Phi) is 6.35. The highest BCUT2D eigenvalue weighted by Gasteiger charge is 2.26. The van der Waals surface area contributed by atoms with Crippen LogP contribution in [0.15, 0.2) is 66.7 Å². The highest BCUT2D eigenvalue weighted by Crippen LogP contribution is 2.35. The van der Waals surface area contributed by atoms with Crippen LogP contribution < -0.4 is 15.0 Å². The van der Waals surface area contributed by atoms with Crippen molar-refractivity contribution in [2.24, 2.45) is 0 Å².